The number of ether oxygens (including phenoxy) is 1. The average molecular weight is 464 g/mol. The summed E-state index contributed by atoms with van der Waals surface area (Å²) in [5.74, 6) is 0.186. The fourth-order valence-corrected chi connectivity index (χ4v) is 4.30. The van der Waals surface area contributed by atoms with Gasteiger partial charge < -0.3 is 9.94 Å². The molecule has 8 heteroatoms. The lowest BCUT2D eigenvalue weighted by atomic mass is 9.93. The van der Waals surface area contributed by atoms with Crippen molar-refractivity contribution in [2.45, 2.75) is 38.8 Å². The van der Waals surface area contributed by atoms with E-state index >= 15 is 0 Å². The highest BCUT2D eigenvalue weighted by atomic mass is 32.1. The van der Waals surface area contributed by atoms with Gasteiger partial charge in [0.2, 0.25) is 0 Å². The molecule has 2 aromatic rings. The number of hydrogen-bond acceptors (Lipinski definition) is 6. The van der Waals surface area contributed by atoms with E-state index in [0.717, 1.165) is 0 Å². The van der Waals surface area contributed by atoms with Crippen molar-refractivity contribution >= 4 is 34.8 Å². The molecule has 2 heterocycles. The lowest BCUT2D eigenvalue weighted by Gasteiger charge is -2.36. The first kappa shape index (κ1) is 22.8. The number of rotatable bonds is 4. The largest absolute Gasteiger partial charge is 0.457 e. The van der Waals surface area contributed by atoms with Crippen LogP contribution in [0.4, 0.5) is 5.69 Å². The van der Waals surface area contributed by atoms with Crippen LogP contribution in [0.15, 0.2) is 77.9 Å². The Morgan fingerprint density at radius 2 is 1.58 bits per heavy atom. The lowest BCUT2D eigenvalue weighted by molar-refractivity contribution is -0.184. The second kappa shape index (κ2) is 8.22. The molecule has 33 heavy (non-hydrogen) atoms. The van der Waals surface area contributed by atoms with Gasteiger partial charge in [-0.2, -0.15) is 5.06 Å². The molecule has 0 atom stereocenters. The van der Waals surface area contributed by atoms with Crippen LogP contribution in [0, 0.1) is 0 Å². The Balaban J connectivity index is 1.63. The van der Waals surface area contributed by atoms with E-state index in [1.54, 1.807) is 24.3 Å². The predicted molar refractivity (Wildman–Crippen MR) is 129 cm³/mol. The molecular formula is C25H25N3O4S. The normalized spacial score (nSPS) is 21.2. The number of benzene rings is 2. The molecule has 1 fully saturated rings. The van der Waals surface area contributed by atoms with Gasteiger partial charge in [-0.15, -0.1) is 0 Å². The maximum atomic E-state index is 13.3. The van der Waals surface area contributed by atoms with Gasteiger partial charge in [0.15, 0.2) is 5.11 Å². The SMILES string of the molecule is CC1(C)C=C(C=C2C(=O)NC(=S)N(c3ccc(Oc4ccccc4)cc3)C2=O)C(C)(C)N1O. The molecule has 170 valence electrons. The zero-order valence-electron chi connectivity index (χ0n) is 18.8. The number of amides is 2. The number of carbonyl (C=O) groups excluding carboxylic acids is 2. The molecule has 2 amide bonds. The molecule has 0 aliphatic carbocycles. The van der Waals surface area contributed by atoms with Gasteiger partial charge in [-0.1, -0.05) is 24.3 Å². The minimum atomic E-state index is -0.781. The summed E-state index contributed by atoms with van der Waals surface area (Å²) in [5, 5.41) is 14.4. The number of hydrogen-bond donors (Lipinski definition) is 2. The Labute approximate surface area is 197 Å². The van der Waals surface area contributed by atoms with E-state index in [1.165, 1.54) is 16.0 Å². The summed E-state index contributed by atoms with van der Waals surface area (Å²) in [7, 11) is 0. The highest BCUT2D eigenvalue weighted by Gasteiger charge is 2.45. The summed E-state index contributed by atoms with van der Waals surface area (Å²) >= 11 is 5.29. The van der Waals surface area contributed by atoms with Gasteiger partial charge in [0.1, 0.15) is 17.1 Å². The van der Waals surface area contributed by atoms with Crippen LogP contribution >= 0.6 is 12.2 Å². The smallest absolute Gasteiger partial charge is 0.270 e. The summed E-state index contributed by atoms with van der Waals surface area (Å²) in [6.07, 6.45) is 3.37. The molecule has 0 spiro atoms. The highest BCUT2D eigenvalue weighted by Crippen LogP contribution is 2.39. The fraction of sp³-hybridized carbons (Fsp3) is 0.240. The Morgan fingerprint density at radius 1 is 0.970 bits per heavy atom. The Hall–Kier alpha value is -3.33. The van der Waals surface area contributed by atoms with Gasteiger partial charge in [0.25, 0.3) is 11.8 Å². The minimum absolute atomic E-state index is 0.00246. The van der Waals surface area contributed by atoms with Crippen LogP contribution in [-0.2, 0) is 9.59 Å². The van der Waals surface area contributed by atoms with E-state index in [4.69, 9.17) is 17.0 Å². The van der Waals surface area contributed by atoms with Crippen molar-refractivity contribution in [2.75, 3.05) is 4.90 Å². The second-order valence-corrected chi connectivity index (χ2v) is 9.38. The van der Waals surface area contributed by atoms with Crippen molar-refractivity contribution in [3.63, 3.8) is 0 Å². The van der Waals surface area contributed by atoms with Crippen LogP contribution in [0.2, 0.25) is 0 Å². The van der Waals surface area contributed by atoms with Gasteiger partial charge in [-0.25, -0.2) is 0 Å². The predicted octanol–water partition coefficient (Wildman–Crippen LogP) is 4.34. The quantitative estimate of drug-likeness (QED) is 0.399. The third-order valence-electron chi connectivity index (χ3n) is 5.77. The molecule has 2 aliphatic rings. The number of hydroxylamine groups is 2. The number of nitrogens with zero attached hydrogens (tertiary/aromatic N) is 2. The first-order valence-corrected chi connectivity index (χ1v) is 10.9. The van der Waals surface area contributed by atoms with E-state index < -0.39 is 22.9 Å². The van der Waals surface area contributed by atoms with Crippen LogP contribution < -0.4 is 15.0 Å². The Bertz CT molecular complexity index is 1180. The number of anilines is 1. The molecular weight excluding hydrogens is 438 g/mol. The molecule has 0 unspecified atom stereocenters. The van der Waals surface area contributed by atoms with Gasteiger partial charge >= 0.3 is 0 Å². The van der Waals surface area contributed by atoms with Crippen molar-refractivity contribution in [2.24, 2.45) is 0 Å². The molecule has 1 saturated heterocycles. The molecule has 2 aromatic carbocycles. The molecule has 0 saturated carbocycles. The number of para-hydroxylation sites is 1. The van der Waals surface area contributed by atoms with Crippen molar-refractivity contribution in [1.82, 2.24) is 10.4 Å². The first-order valence-electron chi connectivity index (χ1n) is 10.5. The molecule has 0 bridgehead atoms. The van der Waals surface area contributed by atoms with Gasteiger partial charge in [-0.05, 0) is 88.0 Å². The van der Waals surface area contributed by atoms with E-state index in [9.17, 15) is 14.8 Å². The second-order valence-electron chi connectivity index (χ2n) is 8.99. The number of nitrogens with one attached hydrogen (secondary N) is 1. The fourth-order valence-electron chi connectivity index (χ4n) is 4.01. The first-order chi connectivity index (χ1) is 15.5. The van der Waals surface area contributed by atoms with Crippen LogP contribution in [0.1, 0.15) is 27.7 Å². The maximum Gasteiger partial charge on any atom is 0.270 e. The van der Waals surface area contributed by atoms with Crippen LogP contribution in [0.25, 0.3) is 0 Å². The van der Waals surface area contributed by atoms with E-state index in [1.807, 2.05) is 64.1 Å². The van der Waals surface area contributed by atoms with Gasteiger partial charge in [0, 0.05) is 0 Å². The summed E-state index contributed by atoms with van der Waals surface area (Å²) in [5.41, 5.74) is -0.323. The van der Waals surface area contributed by atoms with E-state index in [2.05, 4.69) is 5.32 Å². The topological polar surface area (TPSA) is 82.1 Å². The lowest BCUT2D eigenvalue weighted by Crippen LogP contribution is -2.54. The molecule has 7 nitrogen and oxygen atoms in total. The monoisotopic (exact) mass is 463 g/mol. The number of carbonyl (C=O) groups is 2. The van der Waals surface area contributed by atoms with E-state index in [0.29, 0.717) is 22.8 Å². The summed E-state index contributed by atoms with van der Waals surface area (Å²) in [4.78, 5) is 27.3. The summed E-state index contributed by atoms with van der Waals surface area (Å²) < 4.78 is 5.80. The van der Waals surface area contributed by atoms with E-state index in [-0.39, 0.29) is 10.7 Å². The standard InChI is InChI=1S/C25H25N3O4S/c1-24(2)15-16(25(3,4)28(24)31)14-20-21(29)26-23(33)27(22(20)30)17-10-12-19(13-11-17)32-18-8-6-5-7-9-18/h5-15,31H,1-4H3,(H,26,29,33). The summed E-state index contributed by atoms with van der Waals surface area (Å²) in [6.45, 7) is 7.35. The Morgan fingerprint density at radius 3 is 2.15 bits per heavy atom. The van der Waals surface area contributed by atoms with Crippen molar-refractivity contribution in [3.8, 4) is 11.5 Å². The van der Waals surface area contributed by atoms with Crippen molar-refractivity contribution < 1.29 is 19.5 Å². The molecule has 2 N–H and O–H groups in total. The van der Waals surface area contributed by atoms with Gasteiger partial charge in [0.05, 0.1) is 16.8 Å². The van der Waals surface area contributed by atoms with Crippen LogP contribution in [-0.4, -0.2) is 38.3 Å². The zero-order valence-corrected chi connectivity index (χ0v) is 19.6. The van der Waals surface area contributed by atoms with Crippen LogP contribution in [0.5, 0.6) is 11.5 Å². The minimum Gasteiger partial charge on any atom is -0.457 e. The Kier molecular flexibility index (Phi) is 5.69. The molecule has 0 radical (unpaired) electrons. The molecule has 2 aliphatic heterocycles. The third-order valence-corrected chi connectivity index (χ3v) is 6.05. The van der Waals surface area contributed by atoms with Gasteiger partial charge in [-0.3, -0.25) is 19.8 Å². The molecule has 0 aromatic heterocycles. The zero-order chi connectivity index (χ0) is 24.0. The van der Waals surface area contributed by atoms with Crippen LogP contribution in [0.3, 0.4) is 0 Å². The summed E-state index contributed by atoms with van der Waals surface area (Å²) in [6, 6.07) is 16.2. The van der Waals surface area contributed by atoms with Crippen molar-refractivity contribution in [1.29, 1.82) is 0 Å². The highest BCUT2D eigenvalue weighted by molar-refractivity contribution is 7.80. The average Bonchev–Trinajstić information content (AvgIpc) is 2.91. The molecule has 4 rings (SSSR count). The third kappa shape index (κ3) is 4.20. The van der Waals surface area contributed by atoms with Crippen molar-refractivity contribution in [3.05, 3.63) is 77.9 Å². The maximum absolute atomic E-state index is 13.3. The number of thiocarbonyl (C=S) groups is 1.